The van der Waals surface area contributed by atoms with Crippen LogP contribution < -0.4 is 0 Å². The Hall–Kier alpha value is 0. The lowest BCUT2D eigenvalue weighted by Gasteiger charge is -2.40. The molecule has 0 aliphatic heterocycles. The minimum absolute atomic E-state index is 0.873. The molecule has 0 saturated heterocycles. The molecule has 0 aromatic heterocycles. The van der Waals surface area contributed by atoms with E-state index < -0.39 is 0 Å². The Bertz CT molecular complexity index is 159. The van der Waals surface area contributed by atoms with Gasteiger partial charge in [0.25, 0.3) is 0 Å². The predicted octanol–water partition coefficient (Wildman–Crippen LogP) is 4.74. The highest BCUT2D eigenvalue weighted by molar-refractivity contribution is 4.82. The SMILES string of the molecule is CCC(CC(C)C1CCC1C)C(C)C. The molecule has 84 valence electrons. The first-order chi connectivity index (χ1) is 6.56. The largest absolute Gasteiger partial charge is 0.0651 e. The van der Waals surface area contributed by atoms with Crippen LogP contribution in [0.2, 0.25) is 0 Å². The van der Waals surface area contributed by atoms with E-state index in [0.717, 1.165) is 29.6 Å². The molecule has 0 nitrogen and oxygen atoms in total. The van der Waals surface area contributed by atoms with E-state index in [1.54, 1.807) is 0 Å². The van der Waals surface area contributed by atoms with Gasteiger partial charge >= 0.3 is 0 Å². The molecule has 0 heterocycles. The van der Waals surface area contributed by atoms with Crippen LogP contribution in [0.25, 0.3) is 0 Å². The Morgan fingerprint density at radius 1 is 1.14 bits per heavy atom. The zero-order valence-electron chi connectivity index (χ0n) is 10.7. The Balaban J connectivity index is 2.34. The van der Waals surface area contributed by atoms with Gasteiger partial charge in [-0.15, -0.1) is 0 Å². The van der Waals surface area contributed by atoms with Gasteiger partial charge in [-0.05, 0) is 42.4 Å². The summed E-state index contributed by atoms with van der Waals surface area (Å²) in [5, 5.41) is 0. The summed E-state index contributed by atoms with van der Waals surface area (Å²) in [6.45, 7) is 12.0. The normalized spacial score (nSPS) is 31.3. The zero-order chi connectivity index (χ0) is 10.7. The van der Waals surface area contributed by atoms with Crippen molar-refractivity contribution in [3.63, 3.8) is 0 Å². The Labute approximate surface area is 90.5 Å². The standard InChI is InChI=1S/C14H28/c1-6-13(10(2)3)9-12(5)14-8-7-11(14)4/h10-14H,6-9H2,1-5H3. The summed E-state index contributed by atoms with van der Waals surface area (Å²) in [5.74, 6) is 4.85. The lowest BCUT2D eigenvalue weighted by molar-refractivity contribution is 0.103. The van der Waals surface area contributed by atoms with Crippen LogP contribution in [0.3, 0.4) is 0 Å². The highest BCUT2D eigenvalue weighted by Gasteiger charge is 2.32. The van der Waals surface area contributed by atoms with E-state index in [4.69, 9.17) is 0 Å². The molecule has 1 rings (SSSR count). The van der Waals surface area contributed by atoms with E-state index >= 15 is 0 Å². The summed E-state index contributed by atoms with van der Waals surface area (Å²) < 4.78 is 0. The molecule has 1 saturated carbocycles. The van der Waals surface area contributed by atoms with E-state index in [0.29, 0.717) is 0 Å². The van der Waals surface area contributed by atoms with Crippen molar-refractivity contribution < 1.29 is 0 Å². The maximum absolute atomic E-state index is 2.48. The first-order valence-electron chi connectivity index (χ1n) is 6.56. The van der Waals surface area contributed by atoms with E-state index in [2.05, 4.69) is 34.6 Å². The van der Waals surface area contributed by atoms with Crippen molar-refractivity contribution in [3.05, 3.63) is 0 Å². The van der Waals surface area contributed by atoms with Crippen LogP contribution in [-0.4, -0.2) is 0 Å². The summed E-state index contributed by atoms with van der Waals surface area (Å²) in [4.78, 5) is 0. The van der Waals surface area contributed by atoms with Gasteiger partial charge in [0.05, 0.1) is 0 Å². The van der Waals surface area contributed by atoms with Crippen LogP contribution in [0, 0.1) is 29.6 Å². The predicted molar refractivity (Wildman–Crippen MR) is 64.3 cm³/mol. The van der Waals surface area contributed by atoms with Crippen molar-refractivity contribution in [2.45, 2.75) is 60.3 Å². The molecule has 0 spiro atoms. The van der Waals surface area contributed by atoms with Gasteiger partial charge in [-0.3, -0.25) is 0 Å². The zero-order valence-corrected chi connectivity index (χ0v) is 10.7. The van der Waals surface area contributed by atoms with E-state index in [9.17, 15) is 0 Å². The maximum Gasteiger partial charge on any atom is -0.0362 e. The van der Waals surface area contributed by atoms with Crippen molar-refractivity contribution in [1.29, 1.82) is 0 Å². The van der Waals surface area contributed by atoms with Crippen molar-refractivity contribution >= 4 is 0 Å². The second kappa shape index (κ2) is 5.19. The third-order valence-corrected chi connectivity index (χ3v) is 4.56. The molecule has 14 heavy (non-hydrogen) atoms. The van der Waals surface area contributed by atoms with Gasteiger partial charge in [0.15, 0.2) is 0 Å². The second-order valence-electron chi connectivity index (χ2n) is 5.84. The number of rotatable bonds is 5. The average molecular weight is 196 g/mol. The molecule has 4 atom stereocenters. The summed E-state index contributed by atoms with van der Waals surface area (Å²) >= 11 is 0. The molecule has 0 N–H and O–H groups in total. The Morgan fingerprint density at radius 3 is 2.07 bits per heavy atom. The number of hydrogen-bond donors (Lipinski definition) is 0. The van der Waals surface area contributed by atoms with E-state index in [1.807, 2.05) is 0 Å². The number of hydrogen-bond acceptors (Lipinski definition) is 0. The highest BCUT2D eigenvalue weighted by Crippen LogP contribution is 2.42. The lowest BCUT2D eigenvalue weighted by atomic mass is 9.66. The molecular formula is C14H28. The van der Waals surface area contributed by atoms with Gasteiger partial charge in [0.2, 0.25) is 0 Å². The Kier molecular flexibility index (Phi) is 4.47. The smallest absolute Gasteiger partial charge is 0.0362 e. The molecule has 0 aromatic rings. The summed E-state index contributed by atoms with van der Waals surface area (Å²) in [6.07, 6.45) is 5.80. The van der Waals surface area contributed by atoms with Crippen LogP contribution >= 0.6 is 0 Å². The summed E-state index contributed by atoms with van der Waals surface area (Å²) in [5.41, 5.74) is 0. The van der Waals surface area contributed by atoms with Gasteiger partial charge in [-0.25, -0.2) is 0 Å². The summed E-state index contributed by atoms with van der Waals surface area (Å²) in [7, 11) is 0. The third kappa shape index (κ3) is 2.74. The highest BCUT2D eigenvalue weighted by atomic mass is 14.4. The first-order valence-corrected chi connectivity index (χ1v) is 6.56. The quantitative estimate of drug-likeness (QED) is 0.595. The molecule has 1 aliphatic carbocycles. The molecule has 0 heteroatoms. The topological polar surface area (TPSA) is 0 Å². The molecule has 0 amide bonds. The van der Waals surface area contributed by atoms with Crippen LogP contribution in [0.1, 0.15) is 60.3 Å². The first kappa shape index (κ1) is 12.1. The molecule has 4 unspecified atom stereocenters. The van der Waals surface area contributed by atoms with Crippen molar-refractivity contribution in [2.75, 3.05) is 0 Å². The molecular weight excluding hydrogens is 168 g/mol. The molecule has 1 fully saturated rings. The van der Waals surface area contributed by atoms with Gasteiger partial charge < -0.3 is 0 Å². The van der Waals surface area contributed by atoms with Crippen molar-refractivity contribution in [3.8, 4) is 0 Å². The van der Waals surface area contributed by atoms with Crippen LogP contribution in [0.15, 0.2) is 0 Å². The van der Waals surface area contributed by atoms with Crippen molar-refractivity contribution in [1.82, 2.24) is 0 Å². The summed E-state index contributed by atoms with van der Waals surface area (Å²) in [6, 6.07) is 0. The fraction of sp³-hybridized carbons (Fsp3) is 1.00. The van der Waals surface area contributed by atoms with Gasteiger partial charge in [0, 0.05) is 0 Å². The minimum atomic E-state index is 0.873. The van der Waals surface area contributed by atoms with E-state index in [1.165, 1.54) is 25.7 Å². The van der Waals surface area contributed by atoms with Gasteiger partial charge in [-0.1, -0.05) is 47.5 Å². The molecule has 0 bridgehead atoms. The third-order valence-electron chi connectivity index (χ3n) is 4.56. The molecule has 1 aliphatic rings. The molecule has 0 aromatic carbocycles. The molecule has 0 radical (unpaired) electrons. The monoisotopic (exact) mass is 196 g/mol. The second-order valence-corrected chi connectivity index (χ2v) is 5.84. The maximum atomic E-state index is 2.48. The van der Waals surface area contributed by atoms with Gasteiger partial charge in [-0.2, -0.15) is 0 Å². The van der Waals surface area contributed by atoms with Gasteiger partial charge in [0.1, 0.15) is 0 Å². The minimum Gasteiger partial charge on any atom is -0.0651 e. The van der Waals surface area contributed by atoms with Crippen LogP contribution in [0.5, 0.6) is 0 Å². The fourth-order valence-electron chi connectivity index (χ4n) is 3.10. The van der Waals surface area contributed by atoms with Crippen molar-refractivity contribution in [2.24, 2.45) is 29.6 Å². The van der Waals surface area contributed by atoms with Crippen LogP contribution in [-0.2, 0) is 0 Å². The van der Waals surface area contributed by atoms with E-state index in [-0.39, 0.29) is 0 Å². The Morgan fingerprint density at radius 2 is 1.79 bits per heavy atom. The fourth-order valence-corrected chi connectivity index (χ4v) is 3.10. The lowest BCUT2D eigenvalue weighted by Crippen LogP contribution is -2.30. The average Bonchev–Trinajstić information content (AvgIpc) is 2.11. The van der Waals surface area contributed by atoms with Crippen LogP contribution in [0.4, 0.5) is 0 Å².